The Hall–Kier alpha value is -2.44. The van der Waals surface area contributed by atoms with E-state index in [2.05, 4.69) is 10.3 Å². The zero-order chi connectivity index (χ0) is 12.8. The first kappa shape index (κ1) is 12.6. The first-order valence-electron chi connectivity index (χ1n) is 4.73. The van der Waals surface area contributed by atoms with Crippen LogP contribution in [0.4, 0.5) is 0 Å². The maximum atomic E-state index is 11.6. The molecule has 1 atom stereocenters. The lowest BCUT2D eigenvalue weighted by atomic mass is 10.2. The van der Waals surface area contributed by atoms with Gasteiger partial charge < -0.3 is 16.2 Å². The molecule has 0 aliphatic heterocycles. The quantitative estimate of drug-likeness (QED) is 0.615. The van der Waals surface area contributed by atoms with Crippen molar-refractivity contribution in [3.63, 3.8) is 0 Å². The Balaban J connectivity index is 2.71. The van der Waals surface area contributed by atoms with Crippen LogP contribution < -0.4 is 11.1 Å². The number of hydrogen-bond acceptors (Lipinski definition) is 4. The summed E-state index contributed by atoms with van der Waals surface area (Å²) in [5.41, 5.74) is 4.95. The Morgan fingerprint density at radius 1 is 1.41 bits per heavy atom. The zero-order valence-electron chi connectivity index (χ0n) is 8.79. The molecule has 0 aliphatic rings. The summed E-state index contributed by atoms with van der Waals surface area (Å²) < 4.78 is 0. The van der Waals surface area contributed by atoms with Crippen LogP contribution in [0.15, 0.2) is 24.4 Å². The SMILES string of the molecule is NC(=O)CC(NC(=O)c1ccccn1)C(=O)O. The van der Waals surface area contributed by atoms with Gasteiger partial charge in [-0.25, -0.2) is 4.79 Å². The minimum Gasteiger partial charge on any atom is -0.480 e. The Labute approximate surface area is 96.6 Å². The van der Waals surface area contributed by atoms with Gasteiger partial charge in [-0.1, -0.05) is 6.07 Å². The third-order valence-corrected chi connectivity index (χ3v) is 1.91. The summed E-state index contributed by atoms with van der Waals surface area (Å²) in [6.45, 7) is 0. The molecule has 1 heterocycles. The van der Waals surface area contributed by atoms with Gasteiger partial charge in [-0.05, 0) is 12.1 Å². The highest BCUT2D eigenvalue weighted by Crippen LogP contribution is 1.97. The number of aliphatic carboxylic acids is 1. The molecule has 1 rings (SSSR count). The van der Waals surface area contributed by atoms with Gasteiger partial charge in [-0.3, -0.25) is 14.6 Å². The van der Waals surface area contributed by atoms with Gasteiger partial charge in [0.25, 0.3) is 5.91 Å². The van der Waals surface area contributed by atoms with Crippen LogP contribution in [-0.2, 0) is 9.59 Å². The van der Waals surface area contributed by atoms with E-state index < -0.39 is 30.2 Å². The highest BCUT2D eigenvalue weighted by Gasteiger charge is 2.22. The van der Waals surface area contributed by atoms with Crippen LogP contribution in [0.25, 0.3) is 0 Å². The van der Waals surface area contributed by atoms with Gasteiger partial charge in [0.05, 0.1) is 6.42 Å². The van der Waals surface area contributed by atoms with E-state index in [0.29, 0.717) is 0 Å². The van der Waals surface area contributed by atoms with Gasteiger partial charge in [-0.2, -0.15) is 0 Å². The van der Waals surface area contributed by atoms with Crippen LogP contribution in [0.3, 0.4) is 0 Å². The monoisotopic (exact) mass is 237 g/mol. The number of carbonyl (C=O) groups is 3. The molecular weight excluding hydrogens is 226 g/mol. The van der Waals surface area contributed by atoms with Crippen molar-refractivity contribution in [2.45, 2.75) is 12.5 Å². The summed E-state index contributed by atoms with van der Waals surface area (Å²) in [5, 5.41) is 10.9. The summed E-state index contributed by atoms with van der Waals surface area (Å²) in [6.07, 6.45) is 0.937. The molecule has 90 valence electrons. The Bertz CT molecular complexity index is 432. The number of carboxylic acids is 1. The molecule has 0 saturated heterocycles. The third-order valence-electron chi connectivity index (χ3n) is 1.91. The normalized spacial score (nSPS) is 11.5. The lowest BCUT2D eigenvalue weighted by Crippen LogP contribution is -2.43. The predicted molar refractivity (Wildman–Crippen MR) is 56.9 cm³/mol. The molecule has 7 nitrogen and oxygen atoms in total. The minimum absolute atomic E-state index is 0.0724. The second-order valence-corrected chi connectivity index (χ2v) is 3.25. The fourth-order valence-electron chi connectivity index (χ4n) is 1.13. The molecule has 0 fully saturated rings. The summed E-state index contributed by atoms with van der Waals surface area (Å²) in [5.74, 6) is -2.80. The fourth-order valence-corrected chi connectivity index (χ4v) is 1.13. The van der Waals surface area contributed by atoms with Crippen LogP contribution in [0, 0.1) is 0 Å². The average molecular weight is 237 g/mol. The number of hydrogen-bond donors (Lipinski definition) is 3. The first-order valence-corrected chi connectivity index (χ1v) is 4.73. The molecule has 0 aromatic carbocycles. The van der Waals surface area contributed by atoms with Crippen molar-refractivity contribution < 1.29 is 19.5 Å². The molecule has 1 aromatic heterocycles. The van der Waals surface area contributed by atoms with Crippen molar-refractivity contribution in [1.29, 1.82) is 0 Å². The predicted octanol–water partition coefficient (Wildman–Crippen LogP) is -0.860. The summed E-state index contributed by atoms with van der Waals surface area (Å²) in [6, 6.07) is 3.29. The summed E-state index contributed by atoms with van der Waals surface area (Å²) in [4.78, 5) is 36.7. The smallest absolute Gasteiger partial charge is 0.326 e. The van der Waals surface area contributed by atoms with Crippen LogP contribution >= 0.6 is 0 Å². The number of aromatic nitrogens is 1. The number of nitrogens with one attached hydrogen (secondary N) is 1. The molecule has 1 aromatic rings. The number of carboxylic acid groups (broad SMARTS) is 1. The summed E-state index contributed by atoms with van der Waals surface area (Å²) in [7, 11) is 0. The number of primary amides is 1. The van der Waals surface area contributed by atoms with Crippen molar-refractivity contribution in [2.24, 2.45) is 5.73 Å². The number of rotatable bonds is 5. The number of nitrogens with zero attached hydrogens (tertiary/aromatic N) is 1. The van der Waals surface area contributed by atoms with Gasteiger partial charge in [0.15, 0.2) is 0 Å². The van der Waals surface area contributed by atoms with Gasteiger partial charge in [0, 0.05) is 6.20 Å². The minimum atomic E-state index is -1.35. The largest absolute Gasteiger partial charge is 0.480 e. The Morgan fingerprint density at radius 3 is 2.59 bits per heavy atom. The van der Waals surface area contributed by atoms with E-state index in [1.54, 1.807) is 12.1 Å². The highest BCUT2D eigenvalue weighted by atomic mass is 16.4. The van der Waals surface area contributed by atoms with Crippen molar-refractivity contribution in [2.75, 3.05) is 0 Å². The van der Waals surface area contributed by atoms with Gasteiger partial charge >= 0.3 is 5.97 Å². The van der Waals surface area contributed by atoms with Crippen LogP contribution in [0.1, 0.15) is 16.9 Å². The van der Waals surface area contributed by atoms with Crippen molar-refractivity contribution >= 4 is 17.8 Å². The lowest BCUT2D eigenvalue weighted by Gasteiger charge is -2.12. The molecule has 17 heavy (non-hydrogen) atoms. The van der Waals surface area contributed by atoms with E-state index in [4.69, 9.17) is 10.8 Å². The van der Waals surface area contributed by atoms with Gasteiger partial charge in [0.1, 0.15) is 11.7 Å². The van der Waals surface area contributed by atoms with Gasteiger partial charge in [-0.15, -0.1) is 0 Å². The number of amides is 2. The standard InChI is InChI=1S/C10H11N3O4/c11-8(14)5-7(10(16)17)13-9(15)6-3-1-2-4-12-6/h1-4,7H,5H2,(H2,11,14)(H,13,15)(H,16,17). The lowest BCUT2D eigenvalue weighted by molar-refractivity contribution is -0.140. The molecule has 1 unspecified atom stereocenters. The maximum absolute atomic E-state index is 11.6. The molecule has 0 aliphatic carbocycles. The number of nitrogens with two attached hydrogens (primary N) is 1. The average Bonchev–Trinajstić information content (AvgIpc) is 2.28. The Kier molecular flexibility index (Phi) is 4.15. The van der Waals surface area contributed by atoms with Crippen molar-refractivity contribution in [1.82, 2.24) is 10.3 Å². The van der Waals surface area contributed by atoms with Crippen LogP contribution in [0.5, 0.6) is 0 Å². The second-order valence-electron chi connectivity index (χ2n) is 3.25. The molecule has 0 radical (unpaired) electrons. The van der Waals surface area contributed by atoms with E-state index in [0.717, 1.165) is 0 Å². The molecule has 0 saturated carbocycles. The first-order chi connectivity index (χ1) is 8.00. The molecule has 0 bridgehead atoms. The van der Waals surface area contributed by atoms with E-state index in [1.807, 2.05) is 0 Å². The summed E-state index contributed by atoms with van der Waals surface area (Å²) >= 11 is 0. The highest BCUT2D eigenvalue weighted by molar-refractivity contribution is 5.96. The van der Waals surface area contributed by atoms with Crippen molar-refractivity contribution in [3.05, 3.63) is 30.1 Å². The van der Waals surface area contributed by atoms with Crippen LogP contribution in [0.2, 0.25) is 0 Å². The van der Waals surface area contributed by atoms with Crippen LogP contribution in [-0.4, -0.2) is 33.9 Å². The molecule has 4 N–H and O–H groups in total. The molecule has 7 heteroatoms. The maximum Gasteiger partial charge on any atom is 0.326 e. The van der Waals surface area contributed by atoms with E-state index in [1.165, 1.54) is 12.3 Å². The number of carbonyl (C=O) groups excluding carboxylic acids is 2. The van der Waals surface area contributed by atoms with E-state index >= 15 is 0 Å². The fraction of sp³-hybridized carbons (Fsp3) is 0.200. The topological polar surface area (TPSA) is 122 Å². The van der Waals surface area contributed by atoms with E-state index in [-0.39, 0.29) is 5.69 Å². The Morgan fingerprint density at radius 2 is 2.12 bits per heavy atom. The van der Waals surface area contributed by atoms with Crippen molar-refractivity contribution in [3.8, 4) is 0 Å². The molecular formula is C10H11N3O4. The number of pyridine rings is 1. The van der Waals surface area contributed by atoms with E-state index in [9.17, 15) is 14.4 Å². The molecule has 2 amide bonds. The third kappa shape index (κ3) is 3.90. The second kappa shape index (κ2) is 5.59. The zero-order valence-corrected chi connectivity index (χ0v) is 8.79. The molecule has 0 spiro atoms. The van der Waals surface area contributed by atoms with Gasteiger partial charge in [0.2, 0.25) is 5.91 Å².